The normalized spacial score (nSPS) is 23.2. The molecule has 150 valence electrons. The second-order valence-corrected chi connectivity index (χ2v) is 7.83. The van der Waals surface area contributed by atoms with Gasteiger partial charge in [-0.2, -0.15) is 5.10 Å². The molecule has 5 heterocycles. The van der Waals surface area contributed by atoms with Gasteiger partial charge in [0.25, 0.3) is 0 Å². The number of rotatable bonds is 5. The fraction of sp³-hybridized carbons (Fsp3) is 0.429. The van der Waals surface area contributed by atoms with Crippen molar-refractivity contribution in [3.63, 3.8) is 0 Å². The van der Waals surface area contributed by atoms with Crippen LogP contribution in [0.4, 0.5) is 5.82 Å². The first-order valence-corrected chi connectivity index (χ1v) is 10.1. The van der Waals surface area contributed by atoms with Gasteiger partial charge in [-0.25, -0.2) is 9.67 Å². The van der Waals surface area contributed by atoms with E-state index < -0.39 is 0 Å². The smallest absolute Gasteiger partial charge is 0.240 e. The molecule has 1 N–H and O–H groups in total. The number of methoxy groups -OCH3 is 1. The zero-order valence-corrected chi connectivity index (χ0v) is 16.7. The predicted octanol–water partition coefficient (Wildman–Crippen LogP) is 2.45. The summed E-state index contributed by atoms with van der Waals surface area (Å²) in [5, 5.41) is 16.9. The van der Waals surface area contributed by atoms with Crippen molar-refractivity contribution >= 4 is 5.82 Å². The van der Waals surface area contributed by atoms with E-state index in [-0.39, 0.29) is 0 Å². The number of aromatic nitrogens is 5. The summed E-state index contributed by atoms with van der Waals surface area (Å²) in [6.07, 6.45) is 8.51. The van der Waals surface area contributed by atoms with Gasteiger partial charge in [0.05, 0.1) is 12.8 Å². The molecule has 5 rings (SSSR count). The average Bonchev–Trinajstić information content (AvgIpc) is 3.42. The van der Waals surface area contributed by atoms with Crippen LogP contribution in [0, 0.1) is 0 Å². The largest absolute Gasteiger partial charge is 0.479 e. The third kappa shape index (κ3) is 3.44. The zero-order valence-electron chi connectivity index (χ0n) is 16.7. The highest BCUT2D eigenvalue weighted by molar-refractivity contribution is 5.59. The van der Waals surface area contributed by atoms with Crippen molar-refractivity contribution in [3.8, 4) is 23.0 Å². The first-order chi connectivity index (χ1) is 14.2. The van der Waals surface area contributed by atoms with Crippen molar-refractivity contribution in [1.82, 2.24) is 30.3 Å². The molecule has 8 heteroatoms. The Morgan fingerprint density at radius 1 is 1.07 bits per heavy atom. The van der Waals surface area contributed by atoms with E-state index in [4.69, 9.17) is 4.74 Å². The summed E-state index contributed by atoms with van der Waals surface area (Å²) in [6, 6.07) is 11.5. The first-order valence-electron chi connectivity index (χ1n) is 10.1. The number of ether oxygens (including phenoxy) is 1. The Morgan fingerprint density at radius 2 is 1.86 bits per heavy atom. The Kier molecular flexibility index (Phi) is 4.63. The quantitative estimate of drug-likeness (QED) is 0.715. The molecule has 8 nitrogen and oxygen atoms in total. The standard InChI is InChI=1S/C21H25N7O/c1-27(16-12-14-4-5-15(13-16)23-14)20-9-7-18(25-26-20)17-6-8-19(21(24-17)29-2)28-11-3-10-22-28/h3,6-11,14-16,23H,4-5,12-13H2,1-2H3/t14-,15+,16-. The predicted molar refractivity (Wildman–Crippen MR) is 110 cm³/mol. The SMILES string of the molecule is COc1nc(-c2ccc(N(C)[C@@H]3C[C@H]4CC[C@@H](C3)N4)nn2)ccc1-n1cccn1. The Balaban J connectivity index is 1.36. The van der Waals surface area contributed by atoms with E-state index in [1.165, 1.54) is 25.7 Å². The Morgan fingerprint density at radius 3 is 2.52 bits per heavy atom. The second-order valence-electron chi connectivity index (χ2n) is 7.83. The highest BCUT2D eigenvalue weighted by Crippen LogP contribution is 2.31. The summed E-state index contributed by atoms with van der Waals surface area (Å²) in [5.41, 5.74) is 2.23. The minimum atomic E-state index is 0.499. The van der Waals surface area contributed by atoms with E-state index in [1.54, 1.807) is 18.0 Å². The van der Waals surface area contributed by atoms with Gasteiger partial charge >= 0.3 is 0 Å². The van der Waals surface area contributed by atoms with Gasteiger partial charge < -0.3 is 15.0 Å². The summed E-state index contributed by atoms with van der Waals surface area (Å²) < 4.78 is 7.19. The van der Waals surface area contributed by atoms with Crippen LogP contribution in [-0.2, 0) is 0 Å². The number of nitrogens with one attached hydrogen (secondary N) is 1. The van der Waals surface area contributed by atoms with Crippen LogP contribution in [0.1, 0.15) is 25.7 Å². The maximum absolute atomic E-state index is 5.46. The number of fused-ring (bicyclic) bond motifs is 2. The number of hydrogen-bond donors (Lipinski definition) is 1. The number of anilines is 1. The molecule has 0 amide bonds. The van der Waals surface area contributed by atoms with Gasteiger partial charge in [0.2, 0.25) is 5.88 Å². The molecule has 2 bridgehead atoms. The van der Waals surface area contributed by atoms with Gasteiger partial charge in [0.15, 0.2) is 5.82 Å². The second kappa shape index (κ2) is 7.44. The van der Waals surface area contributed by atoms with Gasteiger partial charge in [0.1, 0.15) is 11.4 Å². The fourth-order valence-corrected chi connectivity index (χ4v) is 4.49. The molecule has 2 saturated heterocycles. The molecular formula is C21H25N7O. The topological polar surface area (TPSA) is 81.0 Å². The average molecular weight is 391 g/mol. The molecule has 0 unspecified atom stereocenters. The molecule has 2 aliphatic heterocycles. The van der Waals surface area contributed by atoms with E-state index in [1.807, 2.05) is 36.5 Å². The molecule has 0 radical (unpaired) electrons. The van der Waals surface area contributed by atoms with Gasteiger partial charge in [-0.15, -0.1) is 10.2 Å². The molecule has 0 spiro atoms. The van der Waals surface area contributed by atoms with Crippen LogP contribution in [-0.4, -0.2) is 57.2 Å². The van der Waals surface area contributed by atoms with E-state index in [9.17, 15) is 0 Å². The molecule has 2 fully saturated rings. The minimum absolute atomic E-state index is 0.499. The summed E-state index contributed by atoms with van der Waals surface area (Å²) in [7, 11) is 3.73. The summed E-state index contributed by atoms with van der Waals surface area (Å²) in [5.74, 6) is 1.40. The lowest BCUT2D eigenvalue weighted by Crippen LogP contribution is -2.47. The highest BCUT2D eigenvalue weighted by atomic mass is 16.5. The summed E-state index contributed by atoms with van der Waals surface area (Å²) in [6.45, 7) is 0. The minimum Gasteiger partial charge on any atom is -0.479 e. The number of piperidine rings is 1. The van der Waals surface area contributed by atoms with Gasteiger partial charge in [-0.3, -0.25) is 0 Å². The molecule has 0 aromatic carbocycles. The fourth-order valence-electron chi connectivity index (χ4n) is 4.49. The monoisotopic (exact) mass is 391 g/mol. The number of hydrogen-bond acceptors (Lipinski definition) is 7. The van der Waals surface area contributed by atoms with Gasteiger partial charge in [-0.1, -0.05) is 0 Å². The highest BCUT2D eigenvalue weighted by Gasteiger charge is 2.35. The maximum atomic E-state index is 5.46. The van der Waals surface area contributed by atoms with E-state index in [0.717, 1.165) is 22.9 Å². The Hall–Kier alpha value is -3.00. The van der Waals surface area contributed by atoms with Crippen molar-refractivity contribution < 1.29 is 4.74 Å². The van der Waals surface area contributed by atoms with Crippen LogP contribution < -0.4 is 15.0 Å². The van der Waals surface area contributed by atoms with Gasteiger partial charge in [0, 0.05) is 37.6 Å². The zero-order chi connectivity index (χ0) is 19.8. The molecule has 2 aliphatic rings. The summed E-state index contributed by atoms with van der Waals surface area (Å²) >= 11 is 0. The van der Waals surface area contributed by atoms with Crippen molar-refractivity contribution in [2.75, 3.05) is 19.1 Å². The van der Waals surface area contributed by atoms with Crippen molar-refractivity contribution in [1.29, 1.82) is 0 Å². The van der Waals surface area contributed by atoms with Crippen LogP contribution in [0.3, 0.4) is 0 Å². The lowest BCUT2D eigenvalue weighted by Gasteiger charge is -2.36. The van der Waals surface area contributed by atoms with Crippen molar-refractivity contribution in [2.45, 2.75) is 43.8 Å². The lowest BCUT2D eigenvalue weighted by molar-refractivity contribution is 0.353. The Bertz CT molecular complexity index is 961. The third-order valence-electron chi connectivity index (χ3n) is 6.05. The van der Waals surface area contributed by atoms with Crippen molar-refractivity contribution in [2.24, 2.45) is 0 Å². The van der Waals surface area contributed by atoms with Crippen LogP contribution in [0.25, 0.3) is 17.1 Å². The van der Waals surface area contributed by atoms with Crippen LogP contribution >= 0.6 is 0 Å². The van der Waals surface area contributed by atoms with Crippen molar-refractivity contribution in [3.05, 3.63) is 42.7 Å². The van der Waals surface area contributed by atoms with E-state index in [2.05, 4.69) is 37.5 Å². The number of nitrogens with zero attached hydrogens (tertiary/aromatic N) is 6. The molecular weight excluding hydrogens is 366 g/mol. The first kappa shape index (κ1) is 18.1. The van der Waals surface area contributed by atoms with Gasteiger partial charge in [-0.05, 0) is 56.0 Å². The molecule has 3 atom stereocenters. The molecule has 29 heavy (non-hydrogen) atoms. The third-order valence-corrected chi connectivity index (χ3v) is 6.05. The molecule has 0 saturated carbocycles. The van der Waals surface area contributed by atoms with Crippen LogP contribution in [0.15, 0.2) is 42.7 Å². The van der Waals surface area contributed by atoms with Crippen LogP contribution in [0.2, 0.25) is 0 Å². The summed E-state index contributed by atoms with van der Waals surface area (Å²) in [4.78, 5) is 6.88. The van der Waals surface area contributed by atoms with E-state index >= 15 is 0 Å². The molecule has 3 aromatic rings. The molecule has 3 aromatic heterocycles. The van der Waals surface area contributed by atoms with Crippen LogP contribution in [0.5, 0.6) is 5.88 Å². The lowest BCUT2D eigenvalue weighted by atomic mass is 9.98. The maximum Gasteiger partial charge on any atom is 0.240 e. The van der Waals surface area contributed by atoms with E-state index in [0.29, 0.717) is 24.0 Å². The molecule has 0 aliphatic carbocycles. The Labute approximate surface area is 169 Å². The number of pyridine rings is 1.